The van der Waals surface area contributed by atoms with Gasteiger partial charge in [0.25, 0.3) is 5.89 Å². The largest absolute Gasteiger partial charge is 0.332 e. The van der Waals surface area contributed by atoms with Gasteiger partial charge in [-0.05, 0) is 25.1 Å². The monoisotopic (exact) mass is 226 g/mol. The summed E-state index contributed by atoms with van der Waals surface area (Å²) in [6.45, 7) is 1.78. The van der Waals surface area contributed by atoms with Crippen LogP contribution in [0.2, 0.25) is 0 Å². The minimum Gasteiger partial charge on any atom is -0.332 e. The molecule has 0 spiro atoms. The molecule has 2 aromatic heterocycles. The minimum absolute atomic E-state index is 0.442. The van der Waals surface area contributed by atoms with Crippen molar-refractivity contribution in [1.82, 2.24) is 19.9 Å². The lowest BCUT2D eigenvalue weighted by molar-refractivity contribution is 0.424. The Labute approximate surface area is 97.7 Å². The maximum atomic E-state index is 5.06. The van der Waals surface area contributed by atoms with Crippen molar-refractivity contribution in [3.8, 4) is 17.3 Å². The molecule has 0 unspecified atom stereocenters. The lowest BCUT2D eigenvalue weighted by Crippen LogP contribution is -1.94. The van der Waals surface area contributed by atoms with Gasteiger partial charge in [-0.2, -0.15) is 10.1 Å². The smallest absolute Gasteiger partial charge is 0.278 e. The van der Waals surface area contributed by atoms with Crippen LogP contribution in [0.25, 0.3) is 17.3 Å². The maximum absolute atomic E-state index is 5.06. The van der Waals surface area contributed by atoms with E-state index in [1.54, 1.807) is 11.6 Å². The molecular formula is C12H10N4O. The van der Waals surface area contributed by atoms with Gasteiger partial charge in [0.15, 0.2) is 11.5 Å². The number of benzene rings is 1. The lowest BCUT2D eigenvalue weighted by Gasteiger charge is -1.98. The molecule has 5 heteroatoms. The first-order chi connectivity index (χ1) is 8.33. The molecule has 0 bridgehead atoms. The molecule has 0 aliphatic heterocycles. The highest BCUT2D eigenvalue weighted by Gasteiger charge is 2.09. The number of hydrogen-bond acceptors (Lipinski definition) is 4. The predicted molar refractivity (Wildman–Crippen MR) is 61.6 cm³/mol. The van der Waals surface area contributed by atoms with Crippen molar-refractivity contribution in [2.45, 2.75) is 6.92 Å². The molecule has 0 radical (unpaired) electrons. The van der Waals surface area contributed by atoms with Crippen LogP contribution in [0.3, 0.4) is 0 Å². The number of nitrogens with zero attached hydrogens (tertiary/aromatic N) is 4. The summed E-state index contributed by atoms with van der Waals surface area (Å²) in [6.07, 6.45) is 1.87. The van der Waals surface area contributed by atoms with E-state index in [-0.39, 0.29) is 0 Å². The molecule has 0 saturated heterocycles. The van der Waals surface area contributed by atoms with E-state index in [1.165, 1.54) is 0 Å². The van der Waals surface area contributed by atoms with Gasteiger partial charge >= 0.3 is 0 Å². The Kier molecular flexibility index (Phi) is 2.22. The molecule has 1 aromatic carbocycles. The second-order valence-electron chi connectivity index (χ2n) is 3.63. The number of aryl methyl sites for hydroxylation is 1. The zero-order valence-electron chi connectivity index (χ0n) is 9.24. The van der Waals surface area contributed by atoms with E-state index >= 15 is 0 Å². The topological polar surface area (TPSA) is 56.7 Å². The normalized spacial score (nSPS) is 10.6. The van der Waals surface area contributed by atoms with Crippen LogP contribution in [0.5, 0.6) is 0 Å². The molecule has 0 aliphatic carbocycles. The highest BCUT2D eigenvalue weighted by Crippen LogP contribution is 2.16. The molecule has 0 aliphatic rings. The van der Waals surface area contributed by atoms with Gasteiger partial charge in [0, 0.05) is 6.20 Å². The Morgan fingerprint density at radius 2 is 1.94 bits per heavy atom. The summed E-state index contributed by atoms with van der Waals surface area (Å²) in [6, 6.07) is 11.7. The molecule has 0 atom stereocenters. The quantitative estimate of drug-likeness (QED) is 0.672. The number of rotatable bonds is 2. The van der Waals surface area contributed by atoms with Gasteiger partial charge < -0.3 is 4.52 Å². The zero-order chi connectivity index (χ0) is 11.7. The SMILES string of the molecule is Cc1noc(-c2ccn(-c3ccccc3)n2)n1. The maximum Gasteiger partial charge on any atom is 0.278 e. The van der Waals surface area contributed by atoms with Crippen molar-refractivity contribution in [3.05, 3.63) is 48.4 Å². The van der Waals surface area contributed by atoms with Gasteiger partial charge in [-0.25, -0.2) is 4.68 Å². The van der Waals surface area contributed by atoms with Crippen molar-refractivity contribution < 1.29 is 4.52 Å². The fourth-order valence-electron chi connectivity index (χ4n) is 1.56. The van der Waals surface area contributed by atoms with Crippen LogP contribution in [0.15, 0.2) is 47.1 Å². The number of para-hydroxylation sites is 1. The van der Waals surface area contributed by atoms with E-state index in [4.69, 9.17) is 4.52 Å². The van der Waals surface area contributed by atoms with E-state index in [2.05, 4.69) is 15.2 Å². The molecule has 0 saturated carbocycles. The van der Waals surface area contributed by atoms with E-state index in [1.807, 2.05) is 42.6 Å². The molecule has 3 aromatic rings. The summed E-state index contributed by atoms with van der Waals surface area (Å²) < 4.78 is 6.84. The van der Waals surface area contributed by atoms with E-state index in [9.17, 15) is 0 Å². The van der Waals surface area contributed by atoms with Crippen molar-refractivity contribution in [2.24, 2.45) is 0 Å². The van der Waals surface area contributed by atoms with Gasteiger partial charge in [0.05, 0.1) is 5.69 Å². The van der Waals surface area contributed by atoms with Crippen LogP contribution < -0.4 is 0 Å². The number of hydrogen-bond donors (Lipinski definition) is 0. The third-order valence-electron chi connectivity index (χ3n) is 2.36. The van der Waals surface area contributed by atoms with Crippen molar-refractivity contribution in [1.29, 1.82) is 0 Å². The van der Waals surface area contributed by atoms with E-state index < -0.39 is 0 Å². The van der Waals surface area contributed by atoms with Crippen molar-refractivity contribution in [2.75, 3.05) is 0 Å². The molecule has 0 amide bonds. The molecule has 17 heavy (non-hydrogen) atoms. The van der Waals surface area contributed by atoms with Gasteiger partial charge in [-0.15, -0.1) is 0 Å². The van der Waals surface area contributed by atoms with Crippen LogP contribution in [0.1, 0.15) is 5.82 Å². The van der Waals surface area contributed by atoms with E-state index in [0.29, 0.717) is 17.4 Å². The summed E-state index contributed by atoms with van der Waals surface area (Å²) in [7, 11) is 0. The zero-order valence-corrected chi connectivity index (χ0v) is 9.24. The second kappa shape index (κ2) is 3.86. The predicted octanol–water partition coefficient (Wildman–Crippen LogP) is 2.23. The summed E-state index contributed by atoms with van der Waals surface area (Å²) in [5.74, 6) is 1.05. The summed E-state index contributed by atoms with van der Waals surface area (Å²) in [5, 5.41) is 8.12. The van der Waals surface area contributed by atoms with Crippen LogP contribution in [-0.4, -0.2) is 19.9 Å². The average Bonchev–Trinajstić information content (AvgIpc) is 2.98. The average molecular weight is 226 g/mol. The van der Waals surface area contributed by atoms with Gasteiger partial charge in [-0.3, -0.25) is 0 Å². The Hall–Kier alpha value is -2.43. The third-order valence-corrected chi connectivity index (χ3v) is 2.36. The third kappa shape index (κ3) is 1.82. The van der Waals surface area contributed by atoms with E-state index in [0.717, 1.165) is 5.69 Å². The second-order valence-corrected chi connectivity index (χ2v) is 3.63. The van der Waals surface area contributed by atoms with Crippen molar-refractivity contribution >= 4 is 0 Å². The highest BCUT2D eigenvalue weighted by molar-refractivity contribution is 5.46. The molecule has 3 rings (SSSR count). The fraction of sp³-hybridized carbons (Fsp3) is 0.0833. The van der Waals surface area contributed by atoms with Gasteiger partial charge in [0.1, 0.15) is 0 Å². The van der Waals surface area contributed by atoms with Crippen LogP contribution >= 0.6 is 0 Å². The Bertz CT molecular complexity index is 627. The first-order valence-corrected chi connectivity index (χ1v) is 5.25. The van der Waals surface area contributed by atoms with Gasteiger partial charge in [0.2, 0.25) is 0 Å². The van der Waals surface area contributed by atoms with Crippen LogP contribution in [0.4, 0.5) is 0 Å². The Balaban J connectivity index is 1.99. The first-order valence-electron chi connectivity index (χ1n) is 5.25. The van der Waals surface area contributed by atoms with Crippen LogP contribution in [-0.2, 0) is 0 Å². The molecule has 0 fully saturated rings. The summed E-state index contributed by atoms with van der Waals surface area (Å²) in [5.41, 5.74) is 1.67. The summed E-state index contributed by atoms with van der Waals surface area (Å²) >= 11 is 0. The van der Waals surface area contributed by atoms with Gasteiger partial charge in [-0.1, -0.05) is 23.4 Å². The Morgan fingerprint density at radius 3 is 2.65 bits per heavy atom. The standard InChI is InChI=1S/C12H10N4O/c1-9-13-12(17-15-9)11-7-8-16(14-11)10-5-3-2-4-6-10/h2-8H,1H3. The number of aromatic nitrogens is 4. The summed E-state index contributed by atoms with van der Waals surface area (Å²) in [4.78, 5) is 4.13. The Morgan fingerprint density at radius 1 is 1.12 bits per heavy atom. The molecule has 0 N–H and O–H groups in total. The molecule has 84 valence electrons. The molecule has 2 heterocycles. The minimum atomic E-state index is 0.442. The first kappa shape index (κ1) is 9.77. The molecule has 5 nitrogen and oxygen atoms in total. The highest BCUT2D eigenvalue weighted by atomic mass is 16.5. The lowest BCUT2D eigenvalue weighted by atomic mass is 10.3. The van der Waals surface area contributed by atoms with Crippen molar-refractivity contribution in [3.63, 3.8) is 0 Å². The fourth-order valence-corrected chi connectivity index (χ4v) is 1.56. The van der Waals surface area contributed by atoms with Crippen LogP contribution in [0, 0.1) is 6.92 Å². The molecular weight excluding hydrogens is 216 g/mol.